The van der Waals surface area contributed by atoms with Crippen LogP contribution in [0.25, 0.3) is 0 Å². The average molecular weight is 254 g/mol. The van der Waals surface area contributed by atoms with Crippen LogP contribution in [0.4, 0.5) is 0 Å². The van der Waals surface area contributed by atoms with Crippen molar-refractivity contribution in [2.24, 2.45) is 5.16 Å². The highest BCUT2D eigenvalue weighted by Crippen LogP contribution is 2.33. The van der Waals surface area contributed by atoms with Gasteiger partial charge in [0.1, 0.15) is 0 Å². The topological polar surface area (TPSA) is 32.6 Å². The lowest BCUT2D eigenvalue weighted by Gasteiger charge is -2.07. The van der Waals surface area contributed by atoms with Crippen molar-refractivity contribution in [2.45, 2.75) is 25.2 Å². The molecule has 0 aromatic heterocycles. The maximum absolute atomic E-state index is 8.66. The first kappa shape index (κ1) is 9.71. The normalized spacial score (nSPS) is 24.4. The van der Waals surface area contributed by atoms with Crippen molar-refractivity contribution in [2.75, 3.05) is 0 Å². The molecule has 1 atom stereocenters. The van der Waals surface area contributed by atoms with E-state index in [1.165, 1.54) is 5.56 Å². The van der Waals surface area contributed by atoms with Gasteiger partial charge in [-0.05, 0) is 42.9 Å². The first-order chi connectivity index (χ1) is 6.79. The maximum atomic E-state index is 8.66. The first-order valence-electron chi connectivity index (χ1n) is 4.75. The standard InChI is InChI=1S/C11H12BrNO/c12-10-4-1-8(2-5-10)9-3-6-11(7-9)13-14/h1-2,4-5,9,14H,3,6-7H2/b13-11+/t9-/m0/s1. The molecule has 2 rings (SSSR count). The molecule has 1 aliphatic carbocycles. The molecule has 0 heterocycles. The number of nitrogens with zero attached hydrogens (tertiary/aromatic N) is 1. The molecule has 74 valence electrons. The van der Waals surface area contributed by atoms with Crippen molar-refractivity contribution in [3.63, 3.8) is 0 Å². The molecule has 14 heavy (non-hydrogen) atoms. The highest BCUT2D eigenvalue weighted by atomic mass is 79.9. The SMILES string of the molecule is O/N=C1\CC[C@H](c2ccc(Br)cc2)C1. The fourth-order valence-electron chi connectivity index (χ4n) is 1.94. The Labute approximate surface area is 91.8 Å². The second-order valence-electron chi connectivity index (χ2n) is 3.66. The zero-order valence-corrected chi connectivity index (χ0v) is 9.37. The van der Waals surface area contributed by atoms with E-state index in [9.17, 15) is 0 Å². The molecule has 1 aromatic carbocycles. The molecule has 0 aliphatic heterocycles. The molecule has 0 spiro atoms. The Morgan fingerprint density at radius 1 is 1.29 bits per heavy atom. The summed E-state index contributed by atoms with van der Waals surface area (Å²) in [6.45, 7) is 0. The van der Waals surface area contributed by atoms with Crippen molar-refractivity contribution < 1.29 is 5.21 Å². The number of halogens is 1. The van der Waals surface area contributed by atoms with Crippen LogP contribution in [0.3, 0.4) is 0 Å². The van der Waals surface area contributed by atoms with E-state index in [0.29, 0.717) is 5.92 Å². The van der Waals surface area contributed by atoms with Crippen LogP contribution in [-0.2, 0) is 0 Å². The maximum Gasteiger partial charge on any atom is 0.0577 e. The quantitative estimate of drug-likeness (QED) is 0.603. The summed E-state index contributed by atoms with van der Waals surface area (Å²) < 4.78 is 1.11. The summed E-state index contributed by atoms with van der Waals surface area (Å²) in [6.07, 6.45) is 2.93. The second-order valence-corrected chi connectivity index (χ2v) is 4.57. The van der Waals surface area contributed by atoms with E-state index in [2.05, 4.69) is 45.4 Å². The van der Waals surface area contributed by atoms with Crippen LogP contribution >= 0.6 is 15.9 Å². The lowest BCUT2D eigenvalue weighted by Crippen LogP contribution is -1.94. The van der Waals surface area contributed by atoms with Gasteiger partial charge in [-0.15, -0.1) is 0 Å². The Bertz CT molecular complexity index is 345. The minimum atomic E-state index is 0.536. The second kappa shape index (κ2) is 4.13. The molecule has 0 unspecified atom stereocenters. The molecule has 0 saturated heterocycles. The van der Waals surface area contributed by atoms with E-state index in [4.69, 9.17) is 5.21 Å². The number of oxime groups is 1. The van der Waals surface area contributed by atoms with Gasteiger partial charge in [-0.3, -0.25) is 0 Å². The van der Waals surface area contributed by atoms with E-state index in [0.717, 1.165) is 29.4 Å². The van der Waals surface area contributed by atoms with Crippen molar-refractivity contribution in [3.8, 4) is 0 Å². The Morgan fingerprint density at radius 2 is 2.00 bits per heavy atom. The fraction of sp³-hybridized carbons (Fsp3) is 0.364. The van der Waals surface area contributed by atoms with Crippen LogP contribution in [-0.4, -0.2) is 10.9 Å². The molecular weight excluding hydrogens is 242 g/mol. The summed E-state index contributed by atoms with van der Waals surface area (Å²) in [5.41, 5.74) is 2.27. The van der Waals surface area contributed by atoms with Crippen LogP contribution in [0.15, 0.2) is 33.9 Å². The molecule has 1 N–H and O–H groups in total. The summed E-state index contributed by atoms with van der Waals surface area (Å²) in [7, 11) is 0. The molecule has 1 fully saturated rings. The van der Waals surface area contributed by atoms with Gasteiger partial charge in [0.15, 0.2) is 0 Å². The van der Waals surface area contributed by atoms with Crippen molar-refractivity contribution in [1.29, 1.82) is 0 Å². The van der Waals surface area contributed by atoms with E-state index in [-0.39, 0.29) is 0 Å². The van der Waals surface area contributed by atoms with Gasteiger partial charge in [0, 0.05) is 4.47 Å². The monoisotopic (exact) mass is 253 g/mol. The van der Waals surface area contributed by atoms with E-state index >= 15 is 0 Å². The van der Waals surface area contributed by atoms with Crippen molar-refractivity contribution >= 4 is 21.6 Å². The first-order valence-corrected chi connectivity index (χ1v) is 5.54. The third kappa shape index (κ3) is 1.98. The van der Waals surface area contributed by atoms with Gasteiger partial charge in [0.25, 0.3) is 0 Å². The van der Waals surface area contributed by atoms with Gasteiger partial charge in [0.2, 0.25) is 0 Å². The van der Waals surface area contributed by atoms with Crippen LogP contribution < -0.4 is 0 Å². The molecule has 0 radical (unpaired) electrons. The van der Waals surface area contributed by atoms with Crippen molar-refractivity contribution in [3.05, 3.63) is 34.3 Å². The smallest absolute Gasteiger partial charge is 0.0577 e. The van der Waals surface area contributed by atoms with Gasteiger partial charge < -0.3 is 5.21 Å². The number of benzene rings is 1. The number of rotatable bonds is 1. The third-order valence-electron chi connectivity index (χ3n) is 2.75. The van der Waals surface area contributed by atoms with E-state index < -0.39 is 0 Å². The minimum Gasteiger partial charge on any atom is -0.411 e. The molecule has 1 aliphatic rings. The fourth-order valence-corrected chi connectivity index (χ4v) is 2.20. The summed E-state index contributed by atoms with van der Waals surface area (Å²) in [5, 5.41) is 11.9. The predicted octanol–water partition coefficient (Wildman–Crippen LogP) is 3.55. The van der Waals surface area contributed by atoms with Gasteiger partial charge in [-0.2, -0.15) is 0 Å². The zero-order chi connectivity index (χ0) is 9.97. The molecule has 2 nitrogen and oxygen atoms in total. The van der Waals surface area contributed by atoms with E-state index in [1.807, 2.05) is 0 Å². The van der Waals surface area contributed by atoms with Gasteiger partial charge in [0.05, 0.1) is 5.71 Å². The van der Waals surface area contributed by atoms with Gasteiger partial charge in [-0.1, -0.05) is 33.2 Å². The molecule has 0 bridgehead atoms. The summed E-state index contributed by atoms with van der Waals surface area (Å²) in [6, 6.07) is 8.39. The zero-order valence-electron chi connectivity index (χ0n) is 7.78. The largest absolute Gasteiger partial charge is 0.411 e. The summed E-state index contributed by atoms with van der Waals surface area (Å²) >= 11 is 3.42. The van der Waals surface area contributed by atoms with Crippen LogP contribution in [0, 0.1) is 0 Å². The highest BCUT2D eigenvalue weighted by Gasteiger charge is 2.22. The number of hydrogen-bond acceptors (Lipinski definition) is 2. The highest BCUT2D eigenvalue weighted by molar-refractivity contribution is 9.10. The minimum absolute atomic E-state index is 0.536. The lowest BCUT2D eigenvalue weighted by molar-refractivity contribution is 0.317. The Morgan fingerprint density at radius 3 is 2.57 bits per heavy atom. The number of hydrogen-bond donors (Lipinski definition) is 1. The van der Waals surface area contributed by atoms with Crippen LogP contribution in [0.1, 0.15) is 30.7 Å². The molecule has 1 saturated carbocycles. The summed E-state index contributed by atoms with van der Waals surface area (Å²) in [4.78, 5) is 0. The van der Waals surface area contributed by atoms with Gasteiger partial charge >= 0.3 is 0 Å². The third-order valence-corrected chi connectivity index (χ3v) is 3.27. The molecule has 3 heteroatoms. The Hall–Kier alpha value is -0.830. The molecular formula is C11H12BrNO. The Kier molecular flexibility index (Phi) is 2.87. The summed E-state index contributed by atoms with van der Waals surface area (Å²) in [5.74, 6) is 0.536. The lowest BCUT2D eigenvalue weighted by atomic mass is 9.98. The molecule has 1 aromatic rings. The average Bonchev–Trinajstić information content (AvgIpc) is 2.67. The van der Waals surface area contributed by atoms with E-state index in [1.54, 1.807) is 0 Å². The van der Waals surface area contributed by atoms with Crippen LogP contribution in [0.5, 0.6) is 0 Å². The predicted molar refractivity (Wildman–Crippen MR) is 60.0 cm³/mol. The Balaban J connectivity index is 2.13. The van der Waals surface area contributed by atoms with Crippen LogP contribution in [0.2, 0.25) is 0 Å². The van der Waals surface area contributed by atoms with Crippen molar-refractivity contribution in [1.82, 2.24) is 0 Å². The molecule has 0 amide bonds. The van der Waals surface area contributed by atoms with Gasteiger partial charge in [-0.25, -0.2) is 0 Å².